The van der Waals surface area contributed by atoms with Crippen molar-refractivity contribution in [2.24, 2.45) is 0 Å². The Morgan fingerprint density at radius 2 is 1.41 bits per heavy atom. The van der Waals surface area contributed by atoms with Gasteiger partial charge in [-0.15, -0.1) is 0 Å². The molecule has 1 fully saturated rings. The van der Waals surface area contributed by atoms with Crippen LogP contribution in [-0.2, 0) is 33.5 Å². The predicted octanol–water partition coefficient (Wildman–Crippen LogP) is 7.11. The Bertz CT molecular complexity index is 2330. The van der Waals surface area contributed by atoms with Crippen molar-refractivity contribution in [3.05, 3.63) is 154 Å². The number of nitrogens with zero attached hydrogens (tertiary/aromatic N) is 4. The lowest BCUT2D eigenvalue weighted by Crippen LogP contribution is -2.49. The van der Waals surface area contributed by atoms with Gasteiger partial charge >= 0.3 is 13.4 Å². The van der Waals surface area contributed by atoms with Crippen molar-refractivity contribution in [2.45, 2.75) is 76.3 Å². The maximum absolute atomic E-state index is 15.5. The molecular weight excluding hydrogens is 826 g/mol. The first kappa shape index (κ1) is 46.8. The molecule has 334 valence electrons. The smallest absolute Gasteiger partial charge is 0.409 e. The Kier molecular flexibility index (Phi) is 15.4. The number of hydrogen-bond acceptors (Lipinski definition) is 12. The van der Waals surface area contributed by atoms with Crippen molar-refractivity contribution in [1.82, 2.24) is 19.1 Å². The summed E-state index contributed by atoms with van der Waals surface area (Å²) in [5.41, 5.74) is 5.89. The highest BCUT2D eigenvalue weighted by Crippen LogP contribution is 2.58. The number of carbonyl (C=O) groups excluding carboxylic acids is 2. The van der Waals surface area contributed by atoms with Crippen LogP contribution in [0.5, 0.6) is 11.5 Å². The van der Waals surface area contributed by atoms with Gasteiger partial charge in [0.2, 0.25) is 6.41 Å². The standard InChI is InChI=1S/C47H56N5O10P/c1-32(2)52(33(3)4)63(56,59-29-28-50(5)31-53)62-40-30-42(51-27-26-41(48)49-46(51)55)60-44(40)45(43(54)34-14-10-8-11-15-34)61-47(35-16-12-9-13-17-35,36-18-22-38(57-6)23-19-36)37-20-24-39(58-7)25-21-37/h8-27,31-33,40,42,44-45H,28-30H2,1-7H3,(H2,48,49,55)/t40-,42+,44-,45?,63?/m0/s1. The average molecular weight is 882 g/mol. The number of ether oxygens (including phenoxy) is 4. The molecule has 1 aliphatic rings. The molecule has 2 unspecified atom stereocenters. The minimum atomic E-state index is -4.33. The van der Waals surface area contributed by atoms with Gasteiger partial charge in [0.1, 0.15) is 41.4 Å². The van der Waals surface area contributed by atoms with Gasteiger partial charge in [0.05, 0.1) is 20.8 Å². The summed E-state index contributed by atoms with van der Waals surface area (Å²) in [7, 11) is 0.407. The number of nitrogens with two attached hydrogens (primary N) is 1. The van der Waals surface area contributed by atoms with Crippen molar-refractivity contribution in [1.29, 1.82) is 0 Å². The molecule has 1 aliphatic heterocycles. The van der Waals surface area contributed by atoms with Crippen LogP contribution < -0.4 is 20.9 Å². The molecule has 0 spiro atoms. The number of anilines is 1. The number of nitrogen functional groups attached to an aromatic ring is 1. The highest BCUT2D eigenvalue weighted by Gasteiger charge is 2.53. The monoisotopic (exact) mass is 881 g/mol. The number of amides is 1. The van der Waals surface area contributed by atoms with Gasteiger partial charge in [0.15, 0.2) is 11.9 Å². The van der Waals surface area contributed by atoms with E-state index in [1.54, 1.807) is 56.3 Å². The second-order valence-corrected chi connectivity index (χ2v) is 17.6. The first-order chi connectivity index (χ1) is 30.2. The Hall–Kier alpha value is -5.67. The van der Waals surface area contributed by atoms with E-state index >= 15 is 9.36 Å². The number of hydrogen-bond donors (Lipinski definition) is 1. The van der Waals surface area contributed by atoms with E-state index in [2.05, 4.69) is 4.98 Å². The third-order valence-electron chi connectivity index (χ3n) is 10.9. The number of carbonyl (C=O) groups is 2. The van der Waals surface area contributed by atoms with Crippen LogP contribution >= 0.6 is 7.75 Å². The predicted molar refractivity (Wildman–Crippen MR) is 239 cm³/mol. The molecule has 0 bridgehead atoms. The summed E-state index contributed by atoms with van der Waals surface area (Å²) in [5.74, 6) is 0.724. The van der Waals surface area contributed by atoms with Gasteiger partial charge in [0, 0.05) is 43.9 Å². The maximum atomic E-state index is 15.5. The lowest BCUT2D eigenvalue weighted by molar-refractivity contribution is -0.126. The summed E-state index contributed by atoms with van der Waals surface area (Å²) in [4.78, 5) is 45.8. The van der Waals surface area contributed by atoms with Gasteiger partial charge in [-0.1, -0.05) is 84.9 Å². The fourth-order valence-electron chi connectivity index (χ4n) is 7.94. The first-order valence-corrected chi connectivity index (χ1v) is 22.2. The topological polar surface area (TPSA) is 174 Å². The zero-order valence-electron chi connectivity index (χ0n) is 36.6. The van der Waals surface area contributed by atoms with Crippen LogP contribution in [0, 0.1) is 0 Å². The average Bonchev–Trinajstić information content (AvgIpc) is 3.69. The Morgan fingerprint density at radius 1 is 0.873 bits per heavy atom. The molecule has 0 aliphatic carbocycles. The van der Waals surface area contributed by atoms with Gasteiger partial charge in [-0.2, -0.15) is 4.98 Å². The van der Waals surface area contributed by atoms with Gasteiger partial charge in [-0.25, -0.2) is 14.0 Å². The number of ketones is 1. The van der Waals surface area contributed by atoms with Crippen LogP contribution in [0.25, 0.3) is 0 Å². The molecular formula is C47H56N5O10P. The molecule has 15 nitrogen and oxygen atoms in total. The minimum Gasteiger partial charge on any atom is -0.497 e. The van der Waals surface area contributed by atoms with E-state index in [1.807, 2.05) is 107 Å². The van der Waals surface area contributed by atoms with Crippen molar-refractivity contribution in [2.75, 3.05) is 40.2 Å². The maximum Gasteiger partial charge on any atom is 0.409 e. The van der Waals surface area contributed by atoms with Crippen LogP contribution in [0.4, 0.5) is 5.82 Å². The molecule has 0 radical (unpaired) electrons. The van der Waals surface area contributed by atoms with Crippen LogP contribution in [0.15, 0.2) is 126 Å². The third kappa shape index (κ3) is 10.4. The second kappa shape index (κ2) is 20.7. The molecule has 1 saturated heterocycles. The van der Waals surface area contributed by atoms with E-state index in [1.165, 1.54) is 21.7 Å². The largest absolute Gasteiger partial charge is 0.497 e. The molecule has 16 heteroatoms. The number of rotatable bonds is 21. The summed E-state index contributed by atoms with van der Waals surface area (Å²) in [5, 5.41) is 0. The number of methoxy groups -OCH3 is 2. The quantitative estimate of drug-likeness (QED) is 0.0342. The highest BCUT2D eigenvalue weighted by atomic mass is 31.2. The fourth-order valence-corrected chi connectivity index (χ4v) is 10.2. The molecule has 1 amide bonds. The normalized spacial score (nSPS) is 18.0. The second-order valence-electron chi connectivity index (χ2n) is 15.7. The summed E-state index contributed by atoms with van der Waals surface area (Å²) in [6, 6.07) is 33.6. The number of likely N-dealkylation sites (N-methyl/N-ethyl adjacent to an activating group) is 1. The van der Waals surface area contributed by atoms with Crippen LogP contribution in [0.3, 0.4) is 0 Å². The van der Waals surface area contributed by atoms with Crippen LogP contribution in [0.2, 0.25) is 0 Å². The lowest BCUT2D eigenvalue weighted by Gasteiger charge is -2.41. The fraction of sp³-hybridized carbons (Fsp3) is 0.362. The third-order valence-corrected chi connectivity index (χ3v) is 13.4. The lowest BCUT2D eigenvalue weighted by atomic mass is 9.79. The summed E-state index contributed by atoms with van der Waals surface area (Å²) < 4.78 is 56.9. The molecule has 4 aromatic carbocycles. The molecule has 63 heavy (non-hydrogen) atoms. The van der Waals surface area contributed by atoms with Gasteiger partial charge in [-0.3, -0.25) is 23.2 Å². The molecule has 1 aromatic heterocycles. The van der Waals surface area contributed by atoms with E-state index in [0.29, 0.717) is 40.2 Å². The summed E-state index contributed by atoms with van der Waals surface area (Å²) >= 11 is 0. The van der Waals surface area contributed by atoms with E-state index in [0.717, 1.165) is 0 Å². The molecule has 2 N–H and O–H groups in total. The zero-order chi connectivity index (χ0) is 45.3. The molecule has 2 heterocycles. The summed E-state index contributed by atoms with van der Waals surface area (Å²) in [6.45, 7) is 7.44. The van der Waals surface area contributed by atoms with E-state index < -0.39 is 49.4 Å². The van der Waals surface area contributed by atoms with Crippen LogP contribution in [-0.4, -0.2) is 96.1 Å². The Morgan fingerprint density at radius 3 is 1.92 bits per heavy atom. The number of benzene rings is 4. The SMILES string of the molecule is COc1ccc(C(OC(C(=O)c2ccccc2)[C@H]2O[C@@H](n3ccc(N)nc3=O)C[C@@H]2OP(=O)(OCCN(C)C=O)N(C(C)C)C(C)C)(c2ccccc2)c2ccc(OC)cc2)cc1. The first-order valence-electron chi connectivity index (χ1n) is 20.7. The van der Waals surface area contributed by atoms with Gasteiger partial charge in [-0.05, 0) is 74.7 Å². The van der Waals surface area contributed by atoms with Crippen molar-refractivity contribution in [3.63, 3.8) is 0 Å². The van der Waals surface area contributed by atoms with E-state index in [-0.39, 0.29) is 37.5 Å². The van der Waals surface area contributed by atoms with Crippen molar-refractivity contribution < 1.29 is 42.1 Å². The van der Waals surface area contributed by atoms with Crippen molar-refractivity contribution >= 4 is 25.8 Å². The zero-order valence-corrected chi connectivity index (χ0v) is 37.5. The molecule has 0 saturated carbocycles. The van der Waals surface area contributed by atoms with Crippen LogP contribution in [0.1, 0.15) is 67.4 Å². The van der Waals surface area contributed by atoms with E-state index in [9.17, 15) is 9.59 Å². The Labute approximate surface area is 368 Å². The number of aromatic nitrogens is 2. The number of Topliss-reactive ketones (excluding diaryl/α,β-unsaturated/α-hetero) is 1. The highest BCUT2D eigenvalue weighted by molar-refractivity contribution is 7.51. The van der Waals surface area contributed by atoms with E-state index in [4.69, 9.17) is 33.7 Å². The summed E-state index contributed by atoms with van der Waals surface area (Å²) in [6.07, 6.45) is -3.17. The molecule has 5 atom stereocenters. The van der Waals surface area contributed by atoms with Crippen molar-refractivity contribution in [3.8, 4) is 11.5 Å². The van der Waals surface area contributed by atoms with Gasteiger partial charge in [0.25, 0.3) is 0 Å². The Balaban J connectivity index is 1.61. The minimum absolute atomic E-state index is 0.00777. The molecule has 6 rings (SSSR count). The van der Waals surface area contributed by atoms with Gasteiger partial charge < -0.3 is 29.6 Å². The molecule has 5 aromatic rings.